The molecule has 75 valence electrons. The second-order valence-corrected chi connectivity index (χ2v) is 2.95. The van der Waals surface area contributed by atoms with Gasteiger partial charge < -0.3 is 9.57 Å². The van der Waals surface area contributed by atoms with E-state index in [1.807, 2.05) is 30.3 Å². The van der Waals surface area contributed by atoms with Gasteiger partial charge in [0.05, 0.1) is 5.71 Å². The van der Waals surface area contributed by atoms with Gasteiger partial charge in [0.15, 0.2) is 0 Å². The fourth-order valence-corrected chi connectivity index (χ4v) is 1.35. The summed E-state index contributed by atoms with van der Waals surface area (Å²) in [6, 6.07) is 9.44. The summed E-state index contributed by atoms with van der Waals surface area (Å²) in [5.41, 5.74) is 1.70. The lowest BCUT2D eigenvalue weighted by Crippen LogP contribution is -2.12. The van der Waals surface area contributed by atoms with Gasteiger partial charge in [-0.2, -0.15) is 5.26 Å². The number of fused-ring (bicyclic) bond motifs is 1. The fourth-order valence-electron chi connectivity index (χ4n) is 1.35. The molecular weight excluding hydrogens is 192 g/mol. The minimum absolute atomic E-state index is 0.0352. The van der Waals surface area contributed by atoms with Crippen LogP contribution in [0.1, 0.15) is 12.0 Å². The summed E-state index contributed by atoms with van der Waals surface area (Å²) in [6.45, 7) is 1.63. The van der Waals surface area contributed by atoms with Crippen molar-refractivity contribution in [3.63, 3.8) is 0 Å². The second kappa shape index (κ2) is 4.47. The first kappa shape index (κ1) is 9.53. The van der Waals surface area contributed by atoms with Gasteiger partial charge in [-0.05, 0) is 12.1 Å². The van der Waals surface area contributed by atoms with Crippen molar-refractivity contribution < 1.29 is 9.57 Å². The summed E-state index contributed by atoms with van der Waals surface area (Å²) in [5, 5.41) is 12.2. The molecule has 0 saturated carbocycles. The number of hydrogen-bond donors (Lipinski definition) is 0. The first-order valence-electron chi connectivity index (χ1n) is 4.55. The Morgan fingerprint density at radius 3 is 3.20 bits per heavy atom. The maximum atomic E-state index is 8.31. The molecule has 0 aromatic heterocycles. The molecular formula is C11H9N2O2. The Balaban J connectivity index is 2.22. The van der Waals surface area contributed by atoms with Crippen LogP contribution in [-0.2, 0) is 4.84 Å². The van der Waals surface area contributed by atoms with E-state index in [0.717, 1.165) is 17.0 Å². The normalized spacial score (nSPS) is 16.3. The van der Waals surface area contributed by atoms with Crippen LogP contribution in [0.15, 0.2) is 29.4 Å². The van der Waals surface area contributed by atoms with E-state index >= 15 is 0 Å². The molecule has 0 N–H and O–H groups in total. The minimum atomic E-state index is -0.0352. The second-order valence-electron chi connectivity index (χ2n) is 2.95. The van der Waals surface area contributed by atoms with Gasteiger partial charge in [-0.1, -0.05) is 17.3 Å². The Morgan fingerprint density at radius 1 is 1.47 bits per heavy atom. The average molecular weight is 201 g/mol. The van der Waals surface area contributed by atoms with Gasteiger partial charge >= 0.3 is 0 Å². The quantitative estimate of drug-likeness (QED) is 0.542. The zero-order valence-corrected chi connectivity index (χ0v) is 8.01. The highest BCUT2D eigenvalue weighted by Crippen LogP contribution is 2.25. The summed E-state index contributed by atoms with van der Waals surface area (Å²) in [5.74, 6) is 0.767. The summed E-state index contributed by atoms with van der Waals surface area (Å²) < 4.78 is 5.33. The Hall–Kier alpha value is -2.02. The molecule has 4 nitrogen and oxygen atoms in total. The number of nitriles is 1. The Labute approximate surface area is 87.7 Å². The number of oxime groups is 1. The smallest absolute Gasteiger partial charge is 0.202 e. The largest absolute Gasteiger partial charge is 0.485 e. The van der Waals surface area contributed by atoms with E-state index in [1.165, 1.54) is 0 Å². The van der Waals surface area contributed by atoms with Crippen LogP contribution in [0, 0.1) is 17.9 Å². The van der Waals surface area contributed by atoms with Crippen molar-refractivity contribution in [2.75, 3.05) is 6.61 Å². The number of nitrogens with zero attached hydrogens (tertiary/aromatic N) is 2. The Kier molecular flexibility index (Phi) is 2.84. The Morgan fingerprint density at radius 2 is 2.33 bits per heavy atom. The molecule has 1 heterocycles. The van der Waals surface area contributed by atoms with Gasteiger partial charge in [0, 0.05) is 12.0 Å². The third-order valence-electron chi connectivity index (χ3n) is 1.99. The van der Waals surface area contributed by atoms with Crippen LogP contribution < -0.4 is 4.74 Å². The van der Waals surface area contributed by atoms with E-state index in [2.05, 4.69) is 5.16 Å². The van der Waals surface area contributed by atoms with E-state index in [9.17, 15) is 0 Å². The van der Waals surface area contributed by atoms with Crippen LogP contribution in [-0.4, -0.2) is 12.3 Å². The summed E-state index contributed by atoms with van der Waals surface area (Å²) >= 11 is 0. The van der Waals surface area contributed by atoms with Crippen LogP contribution in [0.2, 0.25) is 0 Å². The SMILES string of the molecule is N#CCO/N=C1/C[CH]Oc2ccccc21. The zero-order chi connectivity index (χ0) is 10.5. The molecule has 0 unspecified atom stereocenters. The lowest BCUT2D eigenvalue weighted by Gasteiger charge is -2.17. The predicted molar refractivity (Wildman–Crippen MR) is 54.1 cm³/mol. The molecule has 0 bridgehead atoms. The predicted octanol–water partition coefficient (Wildman–Crippen LogP) is 1.88. The van der Waals surface area contributed by atoms with Crippen LogP contribution in [0.4, 0.5) is 0 Å². The first-order valence-corrected chi connectivity index (χ1v) is 4.55. The standard InChI is InChI=1S/C11H9N2O2/c12-6-8-15-13-10-5-7-14-11-4-2-1-3-9(10)11/h1-4,7H,5,8H2/b13-10-. The van der Waals surface area contributed by atoms with Crippen molar-refractivity contribution in [1.29, 1.82) is 5.26 Å². The van der Waals surface area contributed by atoms with Gasteiger partial charge in [0.1, 0.15) is 18.4 Å². The van der Waals surface area contributed by atoms with E-state index in [0.29, 0.717) is 6.42 Å². The molecule has 15 heavy (non-hydrogen) atoms. The Bertz CT molecular complexity index is 421. The molecule has 0 atom stereocenters. The van der Waals surface area contributed by atoms with E-state index in [1.54, 1.807) is 6.61 Å². The van der Waals surface area contributed by atoms with Crippen molar-refractivity contribution in [3.05, 3.63) is 36.4 Å². The molecule has 0 fully saturated rings. The molecule has 1 aromatic rings. The summed E-state index contributed by atoms with van der Waals surface area (Å²) in [4.78, 5) is 4.83. The van der Waals surface area contributed by atoms with E-state index in [4.69, 9.17) is 14.8 Å². The summed E-state index contributed by atoms with van der Waals surface area (Å²) in [6.07, 6.45) is 0.586. The molecule has 0 saturated heterocycles. The number of para-hydroxylation sites is 1. The lowest BCUT2D eigenvalue weighted by molar-refractivity contribution is 0.177. The van der Waals surface area contributed by atoms with Crippen molar-refractivity contribution in [2.45, 2.75) is 6.42 Å². The van der Waals surface area contributed by atoms with Crippen LogP contribution >= 0.6 is 0 Å². The molecule has 1 aromatic carbocycles. The lowest BCUT2D eigenvalue weighted by atomic mass is 10.0. The third-order valence-corrected chi connectivity index (χ3v) is 1.99. The van der Waals surface area contributed by atoms with E-state index in [-0.39, 0.29) is 6.61 Å². The van der Waals surface area contributed by atoms with Crippen molar-refractivity contribution >= 4 is 5.71 Å². The molecule has 1 aliphatic rings. The highest BCUT2D eigenvalue weighted by Gasteiger charge is 2.16. The van der Waals surface area contributed by atoms with E-state index < -0.39 is 0 Å². The van der Waals surface area contributed by atoms with Gasteiger partial charge in [-0.3, -0.25) is 0 Å². The molecule has 4 heteroatoms. The zero-order valence-electron chi connectivity index (χ0n) is 8.01. The number of hydrogen-bond acceptors (Lipinski definition) is 4. The summed E-state index contributed by atoms with van der Waals surface area (Å²) in [7, 11) is 0. The monoisotopic (exact) mass is 201 g/mol. The van der Waals surface area contributed by atoms with Gasteiger partial charge in [-0.25, -0.2) is 0 Å². The third kappa shape index (κ3) is 2.08. The molecule has 1 radical (unpaired) electrons. The van der Waals surface area contributed by atoms with Crippen LogP contribution in [0.25, 0.3) is 0 Å². The highest BCUT2D eigenvalue weighted by molar-refractivity contribution is 6.03. The molecule has 2 rings (SSSR count). The maximum absolute atomic E-state index is 8.31. The van der Waals surface area contributed by atoms with Crippen LogP contribution in [0.3, 0.4) is 0 Å². The number of ether oxygens (including phenoxy) is 1. The maximum Gasteiger partial charge on any atom is 0.202 e. The number of rotatable bonds is 2. The molecule has 1 aliphatic heterocycles. The van der Waals surface area contributed by atoms with Gasteiger partial charge in [0.2, 0.25) is 6.61 Å². The topological polar surface area (TPSA) is 54.6 Å². The molecule has 0 amide bonds. The highest BCUT2D eigenvalue weighted by atomic mass is 16.6. The number of benzene rings is 1. The average Bonchev–Trinajstić information content (AvgIpc) is 2.30. The fraction of sp³-hybridized carbons (Fsp3) is 0.182. The van der Waals surface area contributed by atoms with Gasteiger partial charge in [-0.15, -0.1) is 0 Å². The molecule has 0 aliphatic carbocycles. The van der Waals surface area contributed by atoms with Crippen molar-refractivity contribution in [2.24, 2.45) is 5.16 Å². The van der Waals surface area contributed by atoms with Crippen LogP contribution in [0.5, 0.6) is 5.75 Å². The minimum Gasteiger partial charge on any atom is -0.485 e. The van der Waals surface area contributed by atoms with Gasteiger partial charge in [0.25, 0.3) is 0 Å². The van der Waals surface area contributed by atoms with Crippen molar-refractivity contribution in [1.82, 2.24) is 0 Å². The molecule has 0 spiro atoms. The van der Waals surface area contributed by atoms with Crippen molar-refractivity contribution in [3.8, 4) is 11.8 Å². The first-order chi connectivity index (χ1) is 7.42.